The molecule has 0 aliphatic carbocycles. The summed E-state index contributed by atoms with van der Waals surface area (Å²) in [4.78, 5) is 15.3. The summed E-state index contributed by atoms with van der Waals surface area (Å²) in [6.45, 7) is 1.79. The van der Waals surface area contributed by atoms with Gasteiger partial charge in [-0.3, -0.25) is 4.79 Å². The monoisotopic (exact) mass is 263 g/mol. The molecule has 4 nitrogen and oxygen atoms in total. The van der Waals surface area contributed by atoms with Gasteiger partial charge < -0.3 is 10.6 Å². The molecule has 0 saturated heterocycles. The molecule has 1 amide bonds. The number of halogens is 1. The van der Waals surface area contributed by atoms with Crippen molar-refractivity contribution in [1.82, 2.24) is 10.3 Å². The summed E-state index contributed by atoms with van der Waals surface area (Å²) >= 11 is 4.66. The minimum atomic E-state index is -0.206. The average molecular weight is 264 g/mol. The Bertz CT molecular complexity index is 302. The zero-order valence-corrected chi connectivity index (χ0v) is 9.70. The van der Waals surface area contributed by atoms with E-state index in [2.05, 4.69) is 31.5 Å². The first kappa shape index (κ1) is 10.6. The van der Waals surface area contributed by atoms with Crippen molar-refractivity contribution in [3.63, 3.8) is 0 Å². The van der Waals surface area contributed by atoms with Crippen LogP contribution in [0.5, 0.6) is 0 Å². The summed E-state index contributed by atoms with van der Waals surface area (Å²) < 4.78 is 0.903. The highest BCUT2D eigenvalue weighted by atomic mass is 79.9. The van der Waals surface area contributed by atoms with E-state index in [4.69, 9.17) is 0 Å². The van der Waals surface area contributed by atoms with Gasteiger partial charge in [0, 0.05) is 0 Å². The molecule has 1 aromatic rings. The van der Waals surface area contributed by atoms with Crippen LogP contribution in [0.2, 0.25) is 0 Å². The molecule has 1 unspecified atom stereocenters. The van der Waals surface area contributed by atoms with Gasteiger partial charge in [-0.05, 0) is 29.9 Å². The molecule has 6 heteroatoms. The van der Waals surface area contributed by atoms with Gasteiger partial charge in [0.15, 0.2) is 5.13 Å². The van der Waals surface area contributed by atoms with Crippen molar-refractivity contribution in [1.29, 1.82) is 0 Å². The molecule has 72 valence electrons. The molecule has 1 atom stereocenters. The van der Waals surface area contributed by atoms with E-state index in [1.165, 1.54) is 11.3 Å². The van der Waals surface area contributed by atoms with Gasteiger partial charge in [-0.2, -0.15) is 0 Å². The first-order valence-corrected chi connectivity index (χ1v) is 5.34. The summed E-state index contributed by atoms with van der Waals surface area (Å²) in [5.41, 5.74) is 0. The number of aromatic nitrogens is 1. The maximum absolute atomic E-state index is 11.3. The number of carbonyl (C=O) groups excluding carboxylic acids is 1. The van der Waals surface area contributed by atoms with Crippen LogP contribution in [0.1, 0.15) is 6.92 Å². The molecule has 1 aromatic heterocycles. The smallest absolute Gasteiger partial charge is 0.242 e. The van der Waals surface area contributed by atoms with E-state index < -0.39 is 0 Å². The Hall–Kier alpha value is -0.460. The number of anilines is 1. The second-order valence-electron chi connectivity index (χ2n) is 2.47. The molecule has 2 N–H and O–H groups in total. The first-order chi connectivity index (χ1) is 6.13. The second-order valence-corrected chi connectivity index (χ2v) is 4.88. The van der Waals surface area contributed by atoms with Crippen LogP contribution in [-0.4, -0.2) is 24.0 Å². The Balaban J connectivity index is 2.54. The molecule has 13 heavy (non-hydrogen) atoms. The molecule has 1 heterocycles. The van der Waals surface area contributed by atoms with Crippen molar-refractivity contribution in [2.45, 2.75) is 13.0 Å². The standard InChI is InChI=1S/C7H10BrN3OS/c1-4(9-2)6(12)11-7-10-3-5(8)13-7/h3-4,9H,1-2H3,(H,10,11,12). The maximum atomic E-state index is 11.3. The van der Waals surface area contributed by atoms with E-state index in [1.54, 1.807) is 20.2 Å². The number of carbonyl (C=O) groups is 1. The quantitative estimate of drug-likeness (QED) is 0.868. The topological polar surface area (TPSA) is 54.0 Å². The van der Waals surface area contributed by atoms with Gasteiger partial charge in [0.25, 0.3) is 0 Å². The van der Waals surface area contributed by atoms with Gasteiger partial charge in [0.1, 0.15) is 0 Å². The Kier molecular flexibility index (Phi) is 3.83. The number of thiazole rings is 1. The van der Waals surface area contributed by atoms with Gasteiger partial charge in [0.05, 0.1) is 16.0 Å². The molecule has 0 aliphatic heterocycles. The van der Waals surface area contributed by atoms with Gasteiger partial charge >= 0.3 is 0 Å². The maximum Gasteiger partial charge on any atom is 0.242 e. The molecule has 0 bridgehead atoms. The summed E-state index contributed by atoms with van der Waals surface area (Å²) in [7, 11) is 1.74. The van der Waals surface area contributed by atoms with E-state index in [0.29, 0.717) is 5.13 Å². The van der Waals surface area contributed by atoms with E-state index >= 15 is 0 Å². The lowest BCUT2D eigenvalue weighted by Crippen LogP contribution is -2.35. The highest BCUT2D eigenvalue weighted by Gasteiger charge is 2.11. The summed E-state index contributed by atoms with van der Waals surface area (Å²) in [5.74, 6) is -0.0793. The molecule has 0 saturated carbocycles. The fourth-order valence-electron chi connectivity index (χ4n) is 0.657. The van der Waals surface area contributed by atoms with Gasteiger partial charge in [-0.15, -0.1) is 0 Å². The normalized spacial score (nSPS) is 12.5. The third kappa shape index (κ3) is 3.06. The van der Waals surface area contributed by atoms with Gasteiger partial charge in [-0.25, -0.2) is 4.98 Å². The van der Waals surface area contributed by atoms with Crippen molar-refractivity contribution in [2.24, 2.45) is 0 Å². The predicted molar refractivity (Wildman–Crippen MR) is 57.0 cm³/mol. The minimum absolute atomic E-state index is 0.0793. The van der Waals surface area contributed by atoms with Crippen LogP contribution in [0.3, 0.4) is 0 Å². The SMILES string of the molecule is CNC(C)C(=O)Nc1ncc(Br)s1. The van der Waals surface area contributed by atoms with Crippen molar-refractivity contribution in [2.75, 3.05) is 12.4 Å². The number of hydrogen-bond acceptors (Lipinski definition) is 4. The van der Waals surface area contributed by atoms with Crippen LogP contribution < -0.4 is 10.6 Å². The third-order valence-corrected chi connectivity index (χ3v) is 2.93. The number of rotatable bonds is 3. The van der Waals surface area contributed by atoms with Crippen LogP contribution >= 0.6 is 27.3 Å². The zero-order valence-electron chi connectivity index (χ0n) is 7.30. The van der Waals surface area contributed by atoms with Crippen molar-refractivity contribution in [3.8, 4) is 0 Å². The molecule has 1 rings (SSSR count). The van der Waals surface area contributed by atoms with Crippen molar-refractivity contribution in [3.05, 3.63) is 9.98 Å². The fourth-order valence-corrected chi connectivity index (χ4v) is 1.77. The van der Waals surface area contributed by atoms with Gasteiger partial charge in [-0.1, -0.05) is 11.3 Å². The van der Waals surface area contributed by atoms with Crippen LogP contribution in [0, 0.1) is 0 Å². The molecule has 0 radical (unpaired) electrons. The van der Waals surface area contributed by atoms with Crippen molar-refractivity contribution >= 4 is 38.3 Å². The Morgan fingerprint density at radius 1 is 1.77 bits per heavy atom. The van der Waals surface area contributed by atoms with Crippen LogP contribution in [-0.2, 0) is 4.79 Å². The summed E-state index contributed by atoms with van der Waals surface area (Å²) in [6, 6.07) is -0.206. The van der Waals surface area contributed by atoms with Crippen LogP contribution in [0.4, 0.5) is 5.13 Å². The number of nitrogens with zero attached hydrogens (tertiary/aromatic N) is 1. The Morgan fingerprint density at radius 2 is 2.46 bits per heavy atom. The zero-order chi connectivity index (χ0) is 9.84. The Labute approximate surface area is 88.9 Å². The van der Waals surface area contributed by atoms with E-state index in [-0.39, 0.29) is 11.9 Å². The average Bonchev–Trinajstić information content (AvgIpc) is 2.49. The molecular weight excluding hydrogens is 254 g/mol. The lowest BCUT2D eigenvalue weighted by Gasteiger charge is -2.07. The Morgan fingerprint density at radius 3 is 2.92 bits per heavy atom. The summed E-state index contributed by atoms with van der Waals surface area (Å²) in [5, 5.41) is 6.14. The third-order valence-electron chi connectivity index (χ3n) is 1.53. The molecule has 0 aliphatic rings. The molecular formula is C7H10BrN3OS. The van der Waals surface area contributed by atoms with E-state index in [0.717, 1.165) is 3.79 Å². The molecule has 0 fully saturated rings. The summed E-state index contributed by atoms with van der Waals surface area (Å²) in [6.07, 6.45) is 1.66. The lowest BCUT2D eigenvalue weighted by molar-refractivity contribution is -0.117. The number of nitrogens with one attached hydrogen (secondary N) is 2. The fraction of sp³-hybridized carbons (Fsp3) is 0.429. The second kappa shape index (κ2) is 4.69. The predicted octanol–water partition coefficient (Wildman–Crippen LogP) is 1.45. The van der Waals surface area contributed by atoms with Crippen LogP contribution in [0.15, 0.2) is 9.98 Å². The number of likely N-dealkylation sites (N-methyl/N-ethyl adjacent to an activating group) is 1. The molecule has 0 aromatic carbocycles. The number of amides is 1. The highest BCUT2D eigenvalue weighted by Crippen LogP contribution is 2.22. The van der Waals surface area contributed by atoms with E-state index in [9.17, 15) is 4.79 Å². The molecule has 0 spiro atoms. The van der Waals surface area contributed by atoms with Crippen LogP contribution in [0.25, 0.3) is 0 Å². The van der Waals surface area contributed by atoms with Gasteiger partial charge in [0.2, 0.25) is 5.91 Å². The minimum Gasteiger partial charge on any atom is -0.309 e. The largest absolute Gasteiger partial charge is 0.309 e. The lowest BCUT2D eigenvalue weighted by atomic mass is 10.3. The highest BCUT2D eigenvalue weighted by molar-refractivity contribution is 9.11. The first-order valence-electron chi connectivity index (χ1n) is 3.73. The number of hydrogen-bond donors (Lipinski definition) is 2. The van der Waals surface area contributed by atoms with Crippen molar-refractivity contribution < 1.29 is 4.79 Å². The van der Waals surface area contributed by atoms with E-state index in [1.807, 2.05) is 0 Å².